The normalized spacial score (nSPS) is 4.71. The van der Waals surface area contributed by atoms with Crippen LogP contribution in [0.25, 0.3) is 0 Å². The van der Waals surface area contributed by atoms with E-state index in [-0.39, 0.29) is 21.1 Å². The van der Waals surface area contributed by atoms with E-state index in [0.717, 1.165) is 0 Å². The summed E-state index contributed by atoms with van der Waals surface area (Å²) in [4.78, 5) is 18.6. The first kappa shape index (κ1) is 16.2. The van der Waals surface area contributed by atoms with E-state index in [4.69, 9.17) is 4.79 Å². The summed E-state index contributed by atoms with van der Waals surface area (Å²) < 4.78 is 0. The number of hydrogen-bond donors (Lipinski definition) is 0. The molecule has 0 spiro atoms. The molecule has 0 heterocycles. The van der Waals surface area contributed by atoms with Gasteiger partial charge in [0, 0.05) is 6.92 Å². The molecule has 0 aliphatic carbocycles. The van der Waals surface area contributed by atoms with Crippen molar-refractivity contribution >= 4 is 12.1 Å². The monoisotopic (exact) mass is 104 g/mol. The molecule has 0 radical (unpaired) electrons. The number of carbonyl (C=O) groups is 2. The van der Waals surface area contributed by atoms with Crippen LogP contribution in [0.1, 0.15) is 21.8 Å². The molecule has 0 aromatic rings. The van der Waals surface area contributed by atoms with Gasteiger partial charge in [0.15, 0.2) is 12.1 Å². The summed E-state index contributed by atoms with van der Waals surface area (Å²) in [6.07, 6.45) is 0.278. The van der Waals surface area contributed by atoms with Crippen molar-refractivity contribution < 1.29 is 9.59 Å². The molecule has 0 rings (SSSR count). The van der Waals surface area contributed by atoms with Gasteiger partial charge in [0.2, 0.25) is 0 Å². The summed E-state index contributed by atoms with van der Waals surface area (Å²) in [6.45, 7) is 1.22. The Morgan fingerprint density at radius 3 is 1.57 bits per heavy atom. The van der Waals surface area contributed by atoms with Crippen LogP contribution in [0.4, 0.5) is 0 Å². The summed E-state index contributed by atoms with van der Waals surface area (Å²) in [7, 11) is 0. The maximum absolute atomic E-state index is 9.44. The van der Waals surface area contributed by atoms with Crippen LogP contribution in [0.3, 0.4) is 0 Å². The molecule has 0 bridgehead atoms. The molecule has 0 aliphatic rings. The number of Topliss-reactive ketones (excluding diaryl/α,β-unsaturated/α-hetero) is 1. The van der Waals surface area contributed by atoms with E-state index in [2.05, 4.69) is 0 Å². The molecule has 0 aliphatic heterocycles. The quantitative estimate of drug-likeness (QED) is 0.368. The van der Waals surface area contributed by atoms with Crippen LogP contribution in [0.15, 0.2) is 0 Å². The predicted octanol–water partition coefficient (Wildman–Crippen LogP) is 1.05. The maximum Gasteiger partial charge on any atom is 0.192 e. The van der Waals surface area contributed by atoms with E-state index in [9.17, 15) is 4.79 Å². The van der Waals surface area contributed by atoms with Gasteiger partial charge in [-0.3, -0.25) is 9.59 Å². The molecule has 0 aromatic carbocycles. The molecule has 0 fully saturated rings. The molecule has 44 valence electrons. The van der Waals surface area contributed by atoms with Crippen molar-refractivity contribution in [1.82, 2.24) is 0 Å². The van der Waals surface area contributed by atoms with Crippen LogP contribution in [-0.4, -0.2) is 12.1 Å². The van der Waals surface area contributed by atoms with Gasteiger partial charge in [-0.05, 0) is 0 Å². The fraction of sp³-hybridized carbons (Fsp3) is 0.600. The Morgan fingerprint density at radius 1 is 1.43 bits per heavy atom. The molecule has 7 heavy (non-hydrogen) atoms. The van der Waals surface area contributed by atoms with E-state index >= 15 is 0 Å². The largest absolute Gasteiger partial charge is 0.295 e. The topological polar surface area (TPSA) is 34.1 Å². The van der Waals surface area contributed by atoms with E-state index in [0.29, 0.717) is 0 Å². The molecule has 0 saturated heterocycles. The molecule has 0 aromatic heterocycles. The van der Waals surface area contributed by atoms with Crippen molar-refractivity contribution in [2.75, 3.05) is 0 Å². The zero-order valence-electron chi connectivity index (χ0n) is 2.89. The van der Waals surface area contributed by atoms with Crippen LogP contribution in [-0.2, 0) is 9.59 Å². The standard InChI is InChI=1S/C3H4O2.2CH4/c1-3(5)2-4;;/h2H,1H3;2*1H4. The Balaban J connectivity index is -0.0000000800. The summed E-state index contributed by atoms with van der Waals surface area (Å²) in [6, 6.07) is 0. The van der Waals surface area contributed by atoms with Crippen LogP contribution < -0.4 is 0 Å². The Hall–Kier alpha value is -0.660. The van der Waals surface area contributed by atoms with Crippen molar-refractivity contribution in [3.63, 3.8) is 0 Å². The average Bonchev–Trinajstić information content (AvgIpc) is 1.38. The minimum atomic E-state index is -0.426. The van der Waals surface area contributed by atoms with Crippen molar-refractivity contribution in [3.8, 4) is 0 Å². The van der Waals surface area contributed by atoms with Gasteiger partial charge in [-0.25, -0.2) is 0 Å². The maximum atomic E-state index is 9.44. The van der Waals surface area contributed by atoms with Crippen molar-refractivity contribution in [2.24, 2.45) is 0 Å². The van der Waals surface area contributed by atoms with E-state index in [1.54, 1.807) is 0 Å². The number of rotatable bonds is 1. The Morgan fingerprint density at radius 2 is 1.57 bits per heavy atom. The lowest BCUT2D eigenvalue weighted by atomic mass is 10.5. The highest BCUT2D eigenvalue weighted by Crippen LogP contribution is 1.48. The smallest absolute Gasteiger partial charge is 0.192 e. The van der Waals surface area contributed by atoms with Gasteiger partial charge in [-0.1, -0.05) is 14.9 Å². The van der Waals surface area contributed by atoms with Gasteiger partial charge in [0.05, 0.1) is 0 Å². The second-order valence-electron chi connectivity index (χ2n) is 0.729. The van der Waals surface area contributed by atoms with Gasteiger partial charge in [0.1, 0.15) is 0 Å². The molecule has 2 heteroatoms. The summed E-state index contributed by atoms with van der Waals surface area (Å²) in [5, 5.41) is 0. The fourth-order valence-electron chi connectivity index (χ4n) is 0. The highest BCUT2D eigenvalue weighted by atomic mass is 16.2. The summed E-state index contributed by atoms with van der Waals surface area (Å²) >= 11 is 0. The van der Waals surface area contributed by atoms with Gasteiger partial charge < -0.3 is 0 Å². The highest BCUT2D eigenvalue weighted by molar-refractivity contribution is 6.23. The fourth-order valence-corrected chi connectivity index (χ4v) is 0. The number of ketones is 1. The van der Waals surface area contributed by atoms with Gasteiger partial charge in [-0.15, -0.1) is 0 Å². The first-order chi connectivity index (χ1) is 2.27. The van der Waals surface area contributed by atoms with E-state index in [1.165, 1.54) is 6.92 Å². The molecule has 0 N–H and O–H groups in total. The minimum Gasteiger partial charge on any atom is -0.295 e. The summed E-state index contributed by atoms with van der Waals surface area (Å²) in [5.74, 6) is -0.426. The first-order valence-electron chi connectivity index (χ1n) is 1.23. The average molecular weight is 104 g/mol. The zero-order chi connectivity index (χ0) is 4.28. The number of carbonyl (C=O) groups excluding carboxylic acids is 2. The number of hydrogen-bond acceptors (Lipinski definition) is 2. The van der Waals surface area contributed by atoms with Crippen LogP contribution in [0.2, 0.25) is 0 Å². The Kier molecular flexibility index (Phi) is 20.9. The van der Waals surface area contributed by atoms with Crippen molar-refractivity contribution in [1.29, 1.82) is 0 Å². The van der Waals surface area contributed by atoms with E-state index < -0.39 is 5.78 Å². The van der Waals surface area contributed by atoms with Gasteiger partial charge in [0.25, 0.3) is 0 Å². The predicted molar refractivity (Wildman–Crippen MR) is 30.2 cm³/mol. The van der Waals surface area contributed by atoms with Gasteiger partial charge >= 0.3 is 0 Å². The minimum absolute atomic E-state index is 0. The lowest BCUT2D eigenvalue weighted by molar-refractivity contribution is -0.128. The highest BCUT2D eigenvalue weighted by Gasteiger charge is 1.76. The molecule has 2 nitrogen and oxygen atoms in total. The summed E-state index contributed by atoms with van der Waals surface area (Å²) in [5.41, 5.74) is 0. The number of aldehydes is 1. The molecule has 0 amide bonds. The SMILES string of the molecule is C.C.CC(=O)C=O. The van der Waals surface area contributed by atoms with Crippen LogP contribution in [0.5, 0.6) is 0 Å². The second kappa shape index (κ2) is 9.02. The Labute approximate surface area is 44.5 Å². The molecular formula is C5H12O2. The second-order valence-corrected chi connectivity index (χ2v) is 0.729. The zero-order valence-corrected chi connectivity index (χ0v) is 2.89. The molecule has 0 saturated carbocycles. The molecule has 0 atom stereocenters. The van der Waals surface area contributed by atoms with Crippen LogP contribution in [0, 0.1) is 0 Å². The van der Waals surface area contributed by atoms with E-state index in [1.807, 2.05) is 0 Å². The molecular weight excluding hydrogens is 92.1 g/mol. The van der Waals surface area contributed by atoms with Crippen molar-refractivity contribution in [2.45, 2.75) is 21.8 Å². The lowest BCUT2D eigenvalue weighted by Gasteiger charge is -1.57. The van der Waals surface area contributed by atoms with Crippen molar-refractivity contribution in [3.05, 3.63) is 0 Å². The lowest BCUT2D eigenvalue weighted by Crippen LogP contribution is -1.85. The molecule has 0 unspecified atom stereocenters. The third kappa shape index (κ3) is 33.2. The third-order valence-electron chi connectivity index (χ3n) is 0.166. The Bertz CT molecular complexity index is 57.1. The van der Waals surface area contributed by atoms with Crippen LogP contribution >= 0.6 is 0 Å². The first-order valence-corrected chi connectivity index (χ1v) is 1.23. The van der Waals surface area contributed by atoms with Gasteiger partial charge in [-0.2, -0.15) is 0 Å². The third-order valence-corrected chi connectivity index (χ3v) is 0.166.